The first-order valence-electron chi connectivity index (χ1n) is 11.4. The lowest BCUT2D eigenvalue weighted by Gasteiger charge is -2.38. The summed E-state index contributed by atoms with van der Waals surface area (Å²) in [5.41, 5.74) is -2.80. The maximum atomic E-state index is 15.5. The molecular weight excluding hydrogens is 547 g/mol. The van der Waals surface area contributed by atoms with E-state index in [4.69, 9.17) is 23.2 Å². The first-order valence-corrected chi connectivity index (χ1v) is 14.0. The Labute approximate surface area is 224 Å². The molecule has 0 spiro atoms. The van der Waals surface area contributed by atoms with Crippen molar-refractivity contribution in [3.63, 3.8) is 0 Å². The number of sulfonamides is 1. The number of halogens is 4. The number of carboxylic acid groups (broad SMARTS) is 1. The molecule has 3 rings (SSSR count). The lowest BCUT2D eigenvalue weighted by molar-refractivity contribution is -0.139. The summed E-state index contributed by atoms with van der Waals surface area (Å²) in [6.45, 7) is 3.74. The highest BCUT2D eigenvalue weighted by molar-refractivity contribution is 7.88. The van der Waals surface area contributed by atoms with Gasteiger partial charge in [-0.15, -0.1) is 0 Å². The Kier molecular flexibility index (Phi) is 8.57. The first-order chi connectivity index (χ1) is 17.1. The van der Waals surface area contributed by atoms with Gasteiger partial charge in [-0.25, -0.2) is 21.9 Å². The van der Waals surface area contributed by atoms with Crippen LogP contribution in [0.3, 0.4) is 0 Å². The fourth-order valence-electron chi connectivity index (χ4n) is 5.16. The molecule has 0 aliphatic carbocycles. The molecule has 0 radical (unpaired) electrons. The number of nitrogens with zero attached hydrogens (tertiary/aromatic N) is 1. The van der Waals surface area contributed by atoms with Crippen molar-refractivity contribution in [1.82, 2.24) is 10.0 Å². The number of hydrogen-bond donors (Lipinski definition) is 3. The number of carboxylic acids is 1. The van der Waals surface area contributed by atoms with Gasteiger partial charge in [0.2, 0.25) is 10.0 Å². The molecule has 0 aromatic heterocycles. The molecule has 3 N–H and O–H groups in total. The number of nitriles is 1. The zero-order valence-electron chi connectivity index (χ0n) is 20.4. The summed E-state index contributed by atoms with van der Waals surface area (Å²) in [6.07, 6.45) is 1.50. The molecule has 1 fully saturated rings. The van der Waals surface area contributed by atoms with Crippen LogP contribution in [0.2, 0.25) is 10.0 Å². The Balaban J connectivity index is 2.21. The minimum atomic E-state index is -3.44. The van der Waals surface area contributed by atoms with Crippen molar-refractivity contribution < 1.29 is 27.1 Å². The van der Waals surface area contributed by atoms with Crippen LogP contribution in [0.4, 0.5) is 8.78 Å². The summed E-state index contributed by atoms with van der Waals surface area (Å²) in [7, 11) is -3.44. The van der Waals surface area contributed by atoms with Gasteiger partial charge in [0.15, 0.2) is 0 Å². The van der Waals surface area contributed by atoms with E-state index in [2.05, 4.69) is 16.1 Å². The van der Waals surface area contributed by atoms with E-state index in [0.717, 1.165) is 12.3 Å². The Morgan fingerprint density at radius 2 is 1.95 bits per heavy atom. The Morgan fingerprint density at radius 3 is 2.51 bits per heavy atom. The molecule has 37 heavy (non-hydrogen) atoms. The Bertz CT molecular complexity index is 1350. The molecule has 200 valence electrons. The van der Waals surface area contributed by atoms with Crippen LogP contribution in [0, 0.1) is 28.4 Å². The van der Waals surface area contributed by atoms with Crippen LogP contribution in [0.5, 0.6) is 0 Å². The fraction of sp³-hybridized carbons (Fsp3) is 0.440. The normalized spacial score (nSPS) is 24.1. The van der Waals surface area contributed by atoms with Crippen molar-refractivity contribution in [2.24, 2.45) is 5.41 Å². The van der Waals surface area contributed by atoms with Gasteiger partial charge in [0.1, 0.15) is 23.1 Å². The number of hydrogen-bond acceptors (Lipinski definition) is 5. The molecule has 0 saturated carbocycles. The molecule has 1 aliphatic rings. The number of carbonyl (C=O) groups is 1. The molecule has 7 nitrogen and oxygen atoms in total. The van der Waals surface area contributed by atoms with Crippen LogP contribution in [0.25, 0.3) is 0 Å². The third-order valence-electron chi connectivity index (χ3n) is 6.82. The van der Waals surface area contributed by atoms with Gasteiger partial charge in [-0.3, -0.25) is 10.1 Å². The van der Waals surface area contributed by atoms with Crippen LogP contribution < -0.4 is 10.0 Å². The summed E-state index contributed by atoms with van der Waals surface area (Å²) in [5, 5.41) is 23.6. The Hall–Kier alpha value is -2.29. The molecule has 1 heterocycles. The zero-order chi connectivity index (χ0) is 27.8. The van der Waals surface area contributed by atoms with Crippen molar-refractivity contribution in [3.8, 4) is 6.07 Å². The molecule has 1 saturated heterocycles. The monoisotopic (exact) mass is 573 g/mol. The van der Waals surface area contributed by atoms with Gasteiger partial charge in [-0.2, -0.15) is 5.26 Å². The van der Waals surface area contributed by atoms with Gasteiger partial charge in [0.05, 0.1) is 17.3 Å². The van der Waals surface area contributed by atoms with E-state index in [-0.39, 0.29) is 34.1 Å². The second-order valence-corrected chi connectivity index (χ2v) is 12.7. The van der Waals surface area contributed by atoms with Gasteiger partial charge in [0, 0.05) is 29.1 Å². The highest BCUT2D eigenvalue weighted by atomic mass is 35.5. The van der Waals surface area contributed by atoms with E-state index in [9.17, 15) is 23.6 Å². The number of benzene rings is 2. The SMILES string of the molecule is CC(C)(CCNS(C)(=O)=O)C[C@@H]1N[C@@H](C(=O)O)[C@H](c2cccc(Cl)c2F)[C@@]1(C#N)c1ccc(Cl)cc1F. The second kappa shape index (κ2) is 10.8. The van der Waals surface area contributed by atoms with E-state index in [1.165, 1.54) is 30.3 Å². The van der Waals surface area contributed by atoms with E-state index < -0.39 is 56.5 Å². The maximum Gasteiger partial charge on any atom is 0.321 e. The fourth-order valence-corrected chi connectivity index (χ4v) is 5.97. The predicted molar refractivity (Wildman–Crippen MR) is 137 cm³/mol. The summed E-state index contributed by atoms with van der Waals surface area (Å²) < 4.78 is 56.2. The lowest BCUT2D eigenvalue weighted by Crippen LogP contribution is -2.45. The summed E-state index contributed by atoms with van der Waals surface area (Å²) in [5.74, 6) is -4.44. The molecule has 0 amide bonds. The average Bonchev–Trinajstić information content (AvgIpc) is 3.08. The quantitative estimate of drug-likeness (QED) is 0.403. The molecule has 2 aromatic rings. The van der Waals surface area contributed by atoms with Gasteiger partial charge >= 0.3 is 5.97 Å². The van der Waals surface area contributed by atoms with E-state index in [1.54, 1.807) is 0 Å². The van der Waals surface area contributed by atoms with Crippen molar-refractivity contribution in [2.45, 2.75) is 50.1 Å². The van der Waals surface area contributed by atoms with Gasteiger partial charge in [-0.05, 0) is 42.0 Å². The van der Waals surface area contributed by atoms with Crippen LogP contribution >= 0.6 is 23.2 Å². The molecule has 0 unspecified atom stereocenters. The third kappa shape index (κ3) is 6.07. The van der Waals surface area contributed by atoms with Crippen molar-refractivity contribution in [3.05, 3.63) is 69.2 Å². The highest BCUT2D eigenvalue weighted by Gasteiger charge is 2.61. The first kappa shape index (κ1) is 29.3. The Morgan fingerprint density at radius 1 is 1.27 bits per heavy atom. The predicted octanol–water partition coefficient (Wildman–Crippen LogP) is 4.60. The summed E-state index contributed by atoms with van der Waals surface area (Å²) >= 11 is 12.0. The number of aliphatic carboxylic acids is 1. The largest absolute Gasteiger partial charge is 0.480 e. The molecule has 0 bridgehead atoms. The van der Waals surface area contributed by atoms with E-state index in [1.807, 2.05) is 13.8 Å². The molecular formula is C25H27Cl2F2N3O4S. The van der Waals surface area contributed by atoms with Crippen molar-refractivity contribution in [2.75, 3.05) is 12.8 Å². The van der Waals surface area contributed by atoms with E-state index >= 15 is 8.78 Å². The second-order valence-electron chi connectivity index (χ2n) is 10.0. The van der Waals surface area contributed by atoms with Crippen molar-refractivity contribution >= 4 is 39.2 Å². The van der Waals surface area contributed by atoms with Gasteiger partial charge in [0.25, 0.3) is 0 Å². The molecule has 4 atom stereocenters. The smallest absolute Gasteiger partial charge is 0.321 e. The van der Waals surface area contributed by atoms with Gasteiger partial charge in [-0.1, -0.05) is 55.2 Å². The summed E-state index contributed by atoms with van der Waals surface area (Å²) in [6, 6.07) is 7.53. The van der Waals surface area contributed by atoms with Crippen LogP contribution in [0.1, 0.15) is 43.7 Å². The maximum absolute atomic E-state index is 15.5. The van der Waals surface area contributed by atoms with Gasteiger partial charge < -0.3 is 5.11 Å². The lowest BCUT2D eigenvalue weighted by atomic mass is 9.62. The highest BCUT2D eigenvalue weighted by Crippen LogP contribution is 2.53. The number of rotatable bonds is 9. The number of nitrogens with one attached hydrogen (secondary N) is 2. The molecule has 1 aliphatic heterocycles. The molecule has 12 heteroatoms. The van der Waals surface area contributed by atoms with Crippen LogP contribution in [-0.4, -0.2) is 44.4 Å². The average molecular weight is 574 g/mol. The zero-order valence-corrected chi connectivity index (χ0v) is 22.7. The summed E-state index contributed by atoms with van der Waals surface area (Å²) in [4.78, 5) is 12.4. The topological polar surface area (TPSA) is 119 Å². The minimum Gasteiger partial charge on any atom is -0.480 e. The molecule has 2 aromatic carbocycles. The minimum absolute atomic E-state index is 0.0734. The van der Waals surface area contributed by atoms with Crippen LogP contribution in [0.15, 0.2) is 36.4 Å². The third-order valence-corrected chi connectivity index (χ3v) is 8.08. The standard InChI is InChI=1S/C25H27Cl2F2N3O4S/c1-24(2,9-10-31-37(3,35)36)12-19-25(13-30,16-8-7-14(26)11-18(16)28)20(22(32-19)23(33)34)15-5-4-6-17(27)21(15)29/h4-8,11,19-20,22,31-32H,9-10,12H2,1-3H3,(H,33,34)/t19-,20-,22+,25-/m0/s1. The van der Waals surface area contributed by atoms with E-state index in [0.29, 0.717) is 6.42 Å². The van der Waals surface area contributed by atoms with Crippen molar-refractivity contribution in [1.29, 1.82) is 5.26 Å². The van der Waals surface area contributed by atoms with Crippen LogP contribution in [-0.2, 0) is 20.2 Å².